The predicted octanol–water partition coefficient (Wildman–Crippen LogP) is 4.86. The highest BCUT2D eigenvalue weighted by atomic mass is 79.9. The molecule has 0 aromatic heterocycles. The van der Waals surface area contributed by atoms with E-state index in [1.165, 1.54) is 24.3 Å². The summed E-state index contributed by atoms with van der Waals surface area (Å²) in [5, 5.41) is 0. The van der Waals surface area contributed by atoms with Crippen LogP contribution in [0.5, 0.6) is 11.5 Å². The zero-order chi connectivity index (χ0) is 13.3. The molecule has 6 heteroatoms. The summed E-state index contributed by atoms with van der Waals surface area (Å²) in [5.74, 6) is -0.416. The number of benzene rings is 2. The molecule has 0 saturated carbocycles. The Morgan fingerprint density at radius 2 is 1.67 bits per heavy atom. The summed E-state index contributed by atoms with van der Waals surface area (Å²) in [6.07, 6.45) is 0. The number of rotatable bonds is 2. The lowest BCUT2D eigenvalue weighted by atomic mass is 10.3. The number of hydrogen-bond donors (Lipinski definition) is 1. The number of halogens is 4. The first-order valence-corrected chi connectivity index (χ1v) is 6.43. The van der Waals surface area contributed by atoms with Gasteiger partial charge in [-0.2, -0.15) is 0 Å². The minimum Gasteiger partial charge on any atom is -0.454 e. The predicted molar refractivity (Wildman–Crippen MR) is 72.7 cm³/mol. The van der Waals surface area contributed by atoms with Gasteiger partial charge >= 0.3 is 0 Å². The van der Waals surface area contributed by atoms with Crippen molar-refractivity contribution in [2.45, 2.75) is 0 Å². The van der Waals surface area contributed by atoms with Crippen LogP contribution in [-0.4, -0.2) is 0 Å². The fourth-order valence-corrected chi connectivity index (χ4v) is 1.96. The molecule has 0 saturated heterocycles. The van der Waals surface area contributed by atoms with Crippen molar-refractivity contribution in [2.75, 3.05) is 5.73 Å². The molecule has 0 fully saturated rings. The van der Waals surface area contributed by atoms with Crippen LogP contribution < -0.4 is 10.5 Å². The largest absolute Gasteiger partial charge is 0.454 e. The quantitative estimate of drug-likeness (QED) is 0.757. The molecule has 0 heterocycles. The van der Waals surface area contributed by atoms with E-state index in [1.807, 2.05) is 0 Å². The van der Waals surface area contributed by atoms with Crippen molar-refractivity contribution in [3.05, 3.63) is 50.9 Å². The molecule has 94 valence electrons. The number of nitrogens with two attached hydrogens (primary N) is 1. The molecule has 0 bridgehead atoms. The molecule has 18 heavy (non-hydrogen) atoms. The van der Waals surface area contributed by atoms with Crippen LogP contribution in [0.15, 0.2) is 39.3 Å². The van der Waals surface area contributed by atoms with Gasteiger partial charge in [-0.3, -0.25) is 0 Å². The van der Waals surface area contributed by atoms with Crippen LogP contribution >= 0.6 is 31.9 Å². The molecule has 0 spiro atoms. The Labute approximate surface area is 119 Å². The van der Waals surface area contributed by atoms with E-state index in [1.54, 1.807) is 0 Å². The first-order chi connectivity index (χ1) is 8.47. The summed E-state index contributed by atoms with van der Waals surface area (Å²) >= 11 is 6.26. The van der Waals surface area contributed by atoms with E-state index >= 15 is 0 Å². The molecule has 2 nitrogen and oxygen atoms in total. The van der Waals surface area contributed by atoms with Gasteiger partial charge in [-0.1, -0.05) is 0 Å². The third-order valence-corrected chi connectivity index (χ3v) is 3.43. The zero-order valence-electron chi connectivity index (χ0n) is 8.88. The van der Waals surface area contributed by atoms with E-state index in [-0.39, 0.29) is 21.7 Å². The average molecular weight is 379 g/mol. The number of hydrogen-bond acceptors (Lipinski definition) is 2. The summed E-state index contributed by atoms with van der Waals surface area (Å²) in [7, 11) is 0. The molecular formula is C12H7Br2F2NO. The zero-order valence-corrected chi connectivity index (χ0v) is 12.1. The van der Waals surface area contributed by atoms with Crippen LogP contribution in [0.25, 0.3) is 0 Å². The third kappa shape index (κ3) is 2.81. The van der Waals surface area contributed by atoms with E-state index in [9.17, 15) is 8.78 Å². The van der Waals surface area contributed by atoms with Gasteiger partial charge in [-0.15, -0.1) is 0 Å². The standard InChI is InChI=1S/C12H7Br2F2NO/c13-7-2-1-6(15)3-11(7)18-12-4-8(14)9(16)5-10(12)17/h1-5H,17H2. The Morgan fingerprint density at radius 1 is 0.944 bits per heavy atom. The summed E-state index contributed by atoms with van der Waals surface area (Å²) in [6.45, 7) is 0. The summed E-state index contributed by atoms with van der Waals surface area (Å²) in [6, 6.07) is 6.54. The highest BCUT2D eigenvalue weighted by molar-refractivity contribution is 9.10. The second kappa shape index (κ2) is 5.24. The molecule has 0 amide bonds. The van der Waals surface area contributed by atoms with Crippen molar-refractivity contribution in [3.63, 3.8) is 0 Å². The molecular weight excluding hydrogens is 372 g/mol. The smallest absolute Gasteiger partial charge is 0.151 e. The minimum absolute atomic E-state index is 0.131. The molecule has 2 rings (SSSR count). The first kappa shape index (κ1) is 13.3. The molecule has 2 aromatic rings. The van der Waals surface area contributed by atoms with Crippen molar-refractivity contribution >= 4 is 37.5 Å². The van der Waals surface area contributed by atoms with Crippen LogP contribution in [0, 0.1) is 11.6 Å². The van der Waals surface area contributed by atoms with Gasteiger partial charge in [-0.05, 0) is 44.0 Å². The van der Waals surface area contributed by atoms with Gasteiger partial charge in [0.25, 0.3) is 0 Å². The van der Waals surface area contributed by atoms with E-state index in [0.717, 1.165) is 6.07 Å². The van der Waals surface area contributed by atoms with Crippen LogP contribution in [0.4, 0.5) is 14.5 Å². The van der Waals surface area contributed by atoms with Gasteiger partial charge in [0.1, 0.15) is 17.4 Å². The highest BCUT2D eigenvalue weighted by Crippen LogP contribution is 2.35. The van der Waals surface area contributed by atoms with E-state index in [4.69, 9.17) is 10.5 Å². The number of ether oxygens (including phenoxy) is 1. The summed E-state index contributed by atoms with van der Waals surface area (Å²) in [5.41, 5.74) is 5.76. The maximum absolute atomic E-state index is 13.2. The topological polar surface area (TPSA) is 35.2 Å². The van der Waals surface area contributed by atoms with Crippen molar-refractivity contribution in [2.24, 2.45) is 0 Å². The maximum atomic E-state index is 13.2. The van der Waals surface area contributed by atoms with Gasteiger partial charge in [0.05, 0.1) is 14.6 Å². The highest BCUT2D eigenvalue weighted by Gasteiger charge is 2.10. The molecule has 2 N–H and O–H groups in total. The Bertz CT molecular complexity index is 605. The van der Waals surface area contributed by atoms with Gasteiger partial charge in [-0.25, -0.2) is 8.78 Å². The average Bonchev–Trinajstić information content (AvgIpc) is 2.30. The first-order valence-electron chi connectivity index (χ1n) is 4.85. The molecule has 0 radical (unpaired) electrons. The van der Waals surface area contributed by atoms with Crippen LogP contribution in [0.1, 0.15) is 0 Å². The molecule has 0 aliphatic carbocycles. The van der Waals surface area contributed by atoms with Crippen molar-refractivity contribution in [1.29, 1.82) is 0 Å². The van der Waals surface area contributed by atoms with Gasteiger partial charge in [0, 0.05) is 18.2 Å². The Hall–Kier alpha value is -1.14. The lowest BCUT2D eigenvalue weighted by Gasteiger charge is -2.11. The minimum atomic E-state index is -0.488. The normalized spacial score (nSPS) is 10.4. The van der Waals surface area contributed by atoms with Crippen molar-refractivity contribution < 1.29 is 13.5 Å². The van der Waals surface area contributed by atoms with Gasteiger partial charge < -0.3 is 10.5 Å². The van der Waals surface area contributed by atoms with Crippen molar-refractivity contribution in [3.8, 4) is 11.5 Å². The molecule has 0 atom stereocenters. The van der Waals surface area contributed by atoms with Crippen molar-refractivity contribution in [1.82, 2.24) is 0 Å². The van der Waals surface area contributed by atoms with E-state index in [2.05, 4.69) is 31.9 Å². The Kier molecular flexibility index (Phi) is 3.87. The lowest BCUT2D eigenvalue weighted by Crippen LogP contribution is -1.95. The Morgan fingerprint density at radius 3 is 2.39 bits per heavy atom. The SMILES string of the molecule is Nc1cc(F)c(Br)cc1Oc1cc(F)ccc1Br. The van der Waals surface area contributed by atoms with Gasteiger partial charge in [0.2, 0.25) is 0 Å². The summed E-state index contributed by atoms with van der Waals surface area (Å²) in [4.78, 5) is 0. The van der Waals surface area contributed by atoms with Crippen LogP contribution in [-0.2, 0) is 0 Å². The molecule has 2 aromatic carbocycles. The number of anilines is 1. The maximum Gasteiger partial charge on any atom is 0.151 e. The van der Waals surface area contributed by atoms with E-state index < -0.39 is 11.6 Å². The third-order valence-electron chi connectivity index (χ3n) is 2.17. The molecule has 0 aliphatic rings. The second-order valence-electron chi connectivity index (χ2n) is 3.48. The van der Waals surface area contributed by atoms with E-state index in [0.29, 0.717) is 4.47 Å². The Balaban J connectivity index is 2.40. The summed E-state index contributed by atoms with van der Waals surface area (Å²) < 4.78 is 32.5. The van der Waals surface area contributed by atoms with Crippen LogP contribution in [0.3, 0.4) is 0 Å². The fourth-order valence-electron chi connectivity index (χ4n) is 1.31. The molecule has 0 aliphatic heterocycles. The fraction of sp³-hybridized carbons (Fsp3) is 0. The van der Waals surface area contributed by atoms with Crippen LogP contribution in [0.2, 0.25) is 0 Å². The lowest BCUT2D eigenvalue weighted by molar-refractivity contribution is 0.473. The monoisotopic (exact) mass is 377 g/mol. The van der Waals surface area contributed by atoms with Gasteiger partial charge in [0.15, 0.2) is 5.75 Å². The molecule has 0 unspecified atom stereocenters. The second-order valence-corrected chi connectivity index (χ2v) is 5.19. The number of nitrogen functional groups attached to an aromatic ring is 1.